The predicted octanol–water partition coefficient (Wildman–Crippen LogP) is 2.25. The van der Waals surface area contributed by atoms with Crippen LogP contribution in [0.4, 0.5) is 0 Å². The van der Waals surface area contributed by atoms with Crippen LogP contribution in [0.15, 0.2) is 71.9 Å². The number of sulfonamides is 1. The molecule has 0 amide bonds. The Labute approximate surface area is 183 Å². The van der Waals surface area contributed by atoms with Crippen molar-refractivity contribution in [3.63, 3.8) is 0 Å². The maximum atomic E-state index is 12.3. The quantitative estimate of drug-likeness (QED) is 0.499. The Balaban J connectivity index is 1.39. The van der Waals surface area contributed by atoms with E-state index in [1.807, 2.05) is 18.2 Å². The van der Waals surface area contributed by atoms with Crippen LogP contribution >= 0.6 is 0 Å². The Kier molecular flexibility index (Phi) is 6.41. The second-order valence-electron chi connectivity index (χ2n) is 7.99. The number of nitrogens with zero attached hydrogens (tertiary/aromatic N) is 2. The van der Waals surface area contributed by atoms with E-state index in [1.165, 1.54) is 28.2 Å². The number of rotatable bonds is 9. The van der Waals surface area contributed by atoms with E-state index in [9.17, 15) is 8.42 Å². The van der Waals surface area contributed by atoms with Crippen LogP contribution in [0.1, 0.15) is 17.5 Å². The molecule has 164 valence electrons. The highest BCUT2D eigenvalue weighted by Gasteiger charge is 2.36. The summed E-state index contributed by atoms with van der Waals surface area (Å²) in [4.78, 5) is 0.147. The van der Waals surface area contributed by atoms with Gasteiger partial charge < -0.3 is 10.1 Å². The molecule has 8 heteroatoms. The van der Waals surface area contributed by atoms with Crippen molar-refractivity contribution in [1.82, 2.24) is 19.8 Å². The smallest absolute Gasteiger partial charge is 0.243 e. The number of ether oxygens (including phenoxy) is 1. The summed E-state index contributed by atoms with van der Waals surface area (Å²) in [6, 6.07) is 18.7. The van der Waals surface area contributed by atoms with E-state index in [-0.39, 0.29) is 23.5 Å². The number of nitrogens with one attached hydrogen (secondary N) is 2. The molecule has 0 radical (unpaired) electrons. The maximum absolute atomic E-state index is 12.3. The molecule has 1 aliphatic heterocycles. The van der Waals surface area contributed by atoms with Gasteiger partial charge in [0.05, 0.1) is 6.20 Å². The minimum Gasteiger partial charge on any atom is -0.492 e. The molecule has 2 heterocycles. The molecule has 0 aliphatic carbocycles. The lowest BCUT2D eigenvalue weighted by atomic mass is 9.75. The van der Waals surface area contributed by atoms with Gasteiger partial charge in [-0.15, -0.1) is 0 Å². The highest BCUT2D eigenvalue weighted by molar-refractivity contribution is 7.89. The second kappa shape index (κ2) is 9.21. The molecule has 1 aliphatic rings. The van der Waals surface area contributed by atoms with E-state index >= 15 is 0 Å². The molecule has 1 fully saturated rings. The Hall–Kier alpha value is -2.68. The SMILES string of the molecule is Cn1cc(S(=O)(=O)NCCOc2cccc(C3(Cc4ccccc4)CCNC3)c2)cn1. The van der Waals surface area contributed by atoms with E-state index in [2.05, 4.69) is 51.5 Å². The standard InChI is InChI=1S/C23H28N4O3S/c1-27-17-22(16-25-27)31(28,29)26-12-13-30-21-9-5-8-20(14-21)23(10-11-24-18-23)15-19-6-3-2-4-7-19/h2-9,14,16-17,24,26H,10-13,15,18H2,1H3. The van der Waals surface area contributed by atoms with Gasteiger partial charge in [-0.1, -0.05) is 42.5 Å². The topological polar surface area (TPSA) is 85.2 Å². The summed E-state index contributed by atoms with van der Waals surface area (Å²) in [6.07, 6.45) is 4.83. The van der Waals surface area contributed by atoms with Crippen molar-refractivity contribution in [3.05, 3.63) is 78.1 Å². The predicted molar refractivity (Wildman–Crippen MR) is 120 cm³/mol. The molecule has 2 N–H and O–H groups in total. The van der Waals surface area contributed by atoms with Crippen molar-refractivity contribution in [1.29, 1.82) is 0 Å². The van der Waals surface area contributed by atoms with Gasteiger partial charge in [0.1, 0.15) is 17.3 Å². The van der Waals surface area contributed by atoms with Gasteiger partial charge in [0, 0.05) is 31.7 Å². The molecule has 4 rings (SSSR count). The number of hydrogen-bond acceptors (Lipinski definition) is 5. The van der Waals surface area contributed by atoms with Crippen molar-refractivity contribution in [2.24, 2.45) is 7.05 Å². The van der Waals surface area contributed by atoms with Crippen molar-refractivity contribution in [2.75, 3.05) is 26.2 Å². The van der Waals surface area contributed by atoms with Gasteiger partial charge in [0.15, 0.2) is 0 Å². The van der Waals surface area contributed by atoms with Crippen LogP contribution < -0.4 is 14.8 Å². The van der Waals surface area contributed by atoms with E-state index in [0.29, 0.717) is 0 Å². The van der Waals surface area contributed by atoms with Gasteiger partial charge in [-0.05, 0) is 42.6 Å². The summed E-state index contributed by atoms with van der Waals surface area (Å²) in [5.41, 5.74) is 2.60. The monoisotopic (exact) mass is 440 g/mol. The zero-order valence-corrected chi connectivity index (χ0v) is 18.4. The van der Waals surface area contributed by atoms with Gasteiger partial charge in [-0.2, -0.15) is 5.10 Å². The van der Waals surface area contributed by atoms with Crippen LogP contribution in [0.5, 0.6) is 5.75 Å². The maximum Gasteiger partial charge on any atom is 0.243 e. The van der Waals surface area contributed by atoms with E-state index in [0.717, 1.165) is 31.7 Å². The number of benzene rings is 2. The lowest BCUT2D eigenvalue weighted by molar-refractivity contribution is 0.321. The largest absolute Gasteiger partial charge is 0.492 e. The number of hydrogen-bond donors (Lipinski definition) is 2. The molecule has 7 nitrogen and oxygen atoms in total. The third-order valence-electron chi connectivity index (χ3n) is 5.73. The summed E-state index contributed by atoms with van der Waals surface area (Å²) >= 11 is 0. The van der Waals surface area contributed by atoms with Gasteiger partial charge >= 0.3 is 0 Å². The van der Waals surface area contributed by atoms with Gasteiger partial charge in [0.25, 0.3) is 0 Å². The van der Waals surface area contributed by atoms with Crippen molar-refractivity contribution in [3.8, 4) is 5.75 Å². The Bertz CT molecular complexity index is 1110. The van der Waals surface area contributed by atoms with Crippen molar-refractivity contribution < 1.29 is 13.2 Å². The number of aryl methyl sites for hydroxylation is 1. The van der Waals surface area contributed by atoms with Crippen LogP contribution in [-0.4, -0.2) is 44.4 Å². The first-order valence-electron chi connectivity index (χ1n) is 10.4. The van der Waals surface area contributed by atoms with Crippen molar-refractivity contribution >= 4 is 10.0 Å². The number of aromatic nitrogens is 2. The highest BCUT2D eigenvalue weighted by atomic mass is 32.2. The molecule has 0 saturated carbocycles. The van der Waals surface area contributed by atoms with Crippen LogP contribution in [0.2, 0.25) is 0 Å². The molecule has 2 aromatic carbocycles. The summed E-state index contributed by atoms with van der Waals surface area (Å²) in [7, 11) is -1.90. The highest BCUT2D eigenvalue weighted by Crippen LogP contribution is 2.36. The van der Waals surface area contributed by atoms with E-state index < -0.39 is 10.0 Å². The summed E-state index contributed by atoms with van der Waals surface area (Å²) in [6.45, 7) is 2.34. The zero-order valence-electron chi connectivity index (χ0n) is 17.6. The van der Waals surface area contributed by atoms with Crippen LogP contribution in [0, 0.1) is 0 Å². The fourth-order valence-electron chi connectivity index (χ4n) is 4.11. The molecule has 1 atom stereocenters. The molecule has 3 aromatic rings. The Morgan fingerprint density at radius 1 is 1.19 bits per heavy atom. The summed E-state index contributed by atoms with van der Waals surface area (Å²) in [5.74, 6) is 0.748. The Morgan fingerprint density at radius 3 is 2.74 bits per heavy atom. The molecule has 0 spiro atoms. The normalized spacial score (nSPS) is 18.9. The lowest BCUT2D eigenvalue weighted by Gasteiger charge is -2.29. The molecular weight excluding hydrogens is 412 g/mol. The van der Waals surface area contributed by atoms with E-state index in [1.54, 1.807) is 7.05 Å². The lowest BCUT2D eigenvalue weighted by Crippen LogP contribution is -2.31. The van der Waals surface area contributed by atoms with Crippen LogP contribution in [-0.2, 0) is 28.9 Å². The minimum atomic E-state index is -3.58. The average molecular weight is 441 g/mol. The first kappa shape index (κ1) is 21.5. The third-order valence-corrected chi connectivity index (χ3v) is 7.15. The third kappa shape index (κ3) is 5.15. The molecule has 1 aromatic heterocycles. The van der Waals surface area contributed by atoms with Gasteiger partial charge in [-0.25, -0.2) is 13.1 Å². The Morgan fingerprint density at radius 2 is 2.03 bits per heavy atom. The first-order chi connectivity index (χ1) is 15.0. The van der Waals surface area contributed by atoms with Crippen LogP contribution in [0.25, 0.3) is 0 Å². The summed E-state index contributed by atoms with van der Waals surface area (Å²) < 4.78 is 34.4. The molecule has 1 saturated heterocycles. The summed E-state index contributed by atoms with van der Waals surface area (Å²) in [5, 5.41) is 7.42. The molecule has 0 bridgehead atoms. The average Bonchev–Trinajstić information content (AvgIpc) is 3.43. The first-order valence-corrected chi connectivity index (χ1v) is 11.9. The van der Waals surface area contributed by atoms with Crippen LogP contribution in [0.3, 0.4) is 0 Å². The van der Waals surface area contributed by atoms with Crippen molar-refractivity contribution in [2.45, 2.75) is 23.2 Å². The molecular formula is C23H28N4O3S. The fraction of sp³-hybridized carbons (Fsp3) is 0.348. The molecule has 1 unspecified atom stereocenters. The second-order valence-corrected chi connectivity index (χ2v) is 9.76. The fourth-order valence-corrected chi connectivity index (χ4v) is 5.11. The minimum absolute atomic E-state index is 0.0304. The van der Waals surface area contributed by atoms with Gasteiger partial charge in [-0.3, -0.25) is 4.68 Å². The zero-order chi connectivity index (χ0) is 21.7. The van der Waals surface area contributed by atoms with E-state index in [4.69, 9.17) is 4.74 Å². The molecule has 31 heavy (non-hydrogen) atoms. The van der Waals surface area contributed by atoms with Gasteiger partial charge in [0.2, 0.25) is 10.0 Å².